The number of thioether (sulfide) groups is 2. The van der Waals surface area contributed by atoms with Crippen LogP contribution in [0.25, 0.3) is 0 Å². The maximum absolute atomic E-state index is 10.5. The van der Waals surface area contributed by atoms with Crippen molar-refractivity contribution in [3.8, 4) is 0 Å². The van der Waals surface area contributed by atoms with Crippen LogP contribution in [0.1, 0.15) is 5.56 Å². The third-order valence-electron chi connectivity index (χ3n) is 1.52. The number of carboxylic acids is 1. The molecule has 0 unspecified atom stereocenters. The normalized spacial score (nSPS) is 10.1. The molecule has 0 spiro atoms. The van der Waals surface area contributed by atoms with Crippen molar-refractivity contribution in [2.24, 2.45) is 0 Å². The van der Waals surface area contributed by atoms with Gasteiger partial charge in [0, 0.05) is 11.8 Å². The van der Waals surface area contributed by atoms with E-state index in [0.29, 0.717) is 10.7 Å². The molecule has 1 N–H and O–H groups in total. The van der Waals surface area contributed by atoms with Crippen molar-refractivity contribution in [3.63, 3.8) is 0 Å². The minimum Gasteiger partial charge on any atom is -0.481 e. The lowest BCUT2D eigenvalue weighted by Gasteiger charge is -2.04. The summed E-state index contributed by atoms with van der Waals surface area (Å²) >= 11 is 2.88. The van der Waals surface area contributed by atoms with Crippen molar-refractivity contribution < 1.29 is 9.90 Å². The lowest BCUT2D eigenvalue weighted by atomic mass is 10.2. The van der Waals surface area contributed by atoms with Crippen LogP contribution in [0.15, 0.2) is 16.4 Å². The first-order valence-corrected chi connectivity index (χ1v) is 6.28. The van der Waals surface area contributed by atoms with Gasteiger partial charge in [0.05, 0.1) is 6.42 Å². The molecule has 1 rings (SSSR count). The Morgan fingerprint density at radius 3 is 2.71 bits per heavy atom. The summed E-state index contributed by atoms with van der Waals surface area (Å²) in [6.45, 7) is 0. The Labute approximate surface area is 90.5 Å². The highest BCUT2D eigenvalue weighted by atomic mass is 32.2. The Kier molecular flexibility index (Phi) is 4.21. The minimum absolute atomic E-state index is 0.0230. The molecular formula is C8H10N2O2S2. The molecule has 0 aliphatic heterocycles. The summed E-state index contributed by atoms with van der Waals surface area (Å²) in [5.74, 6) is -0.860. The van der Waals surface area contributed by atoms with E-state index in [9.17, 15) is 4.79 Å². The molecule has 0 fully saturated rings. The first-order valence-electron chi connectivity index (χ1n) is 3.83. The van der Waals surface area contributed by atoms with Gasteiger partial charge in [-0.25, -0.2) is 9.97 Å². The molecule has 76 valence electrons. The van der Waals surface area contributed by atoms with Crippen molar-refractivity contribution in [1.82, 2.24) is 9.97 Å². The molecule has 0 aromatic carbocycles. The molecule has 0 atom stereocenters. The van der Waals surface area contributed by atoms with Gasteiger partial charge in [0.25, 0.3) is 0 Å². The number of aromatic nitrogens is 2. The molecule has 4 nitrogen and oxygen atoms in total. The Hall–Kier alpha value is -0.750. The SMILES string of the molecule is CSc1ncc(CC(=O)O)c(SC)n1. The summed E-state index contributed by atoms with van der Waals surface area (Å²) in [5, 5.41) is 10.1. The number of aliphatic carboxylic acids is 1. The summed E-state index contributed by atoms with van der Waals surface area (Å²) in [7, 11) is 0. The summed E-state index contributed by atoms with van der Waals surface area (Å²) in [4.78, 5) is 18.8. The smallest absolute Gasteiger partial charge is 0.307 e. The minimum atomic E-state index is -0.860. The second-order valence-electron chi connectivity index (χ2n) is 2.46. The van der Waals surface area contributed by atoms with Crippen LogP contribution < -0.4 is 0 Å². The molecular weight excluding hydrogens is 220 g/mol. The molecule has 0 bridgehead atoms. The van der Waals surface area contributed by atoms with Gasteiger partial charge in [-0.1, -0.05) is 11.8 Å². The maximum atomic E-state index is 10.5. The van der Waals surface area contributed by atoms with Crippen molar-refractivity contribution in [1.29, 1.82) is 0 Å². The number of hydrogen-bond donors (Lipinski definition) is 1. The zero-order chi connectivity index (χ0) is 10.6. The van der Waals surface area contributed by atoms with Crippen LogP contribution >= 0.6 is 23.5 Å². The zero-order valence-corrected chi connectivity index (χ0v) is 9.48. The summed E-state index contributed by atoms with van der Waals surface area (Å²) in [5.41, 5.74) is 0.669. The van der Waals surface area contributed by atoms with Gasteiger partial charge in [0.1, 0.15) is 5.03 Å². The number of carboxylic acid groups (broad SMARTS) is 1. The fraction of sp³-hybridized carbons (Fsp3) is 0.375. The summed E-state index contributed by atoms with van der Waals surface area (Å²) < 4.78 is 0. The largest absolute Gasteiger partial charge is 0.481 e. The van der Waals surface area contributed by atoms with Crippen LogP contribution in [-0.2, 0) is 11.2 Å². The summed E-state index contributed by atoms with van der Waals surface area (Å²) in [6.07, 6.45) is 5.32. The van der Waals surface area contributed by atoms with Gasteiger partial charge in [0.2, 0.25) is 0 Å². The third-order valence-corrected chi connectivity index (χ3v) is 2.82. The van der Waals surface area contributed by atoms with Gasteiger partial charge >= 0.3 is 5.97 Å². The Morgan fingerprint density at radius 1 is 1.50 bits per heavy atom. The van der Waals surface area contributed by atoms with Gasteiger partial charge < -0.3 is 5.11 Å². The average Bonchev–Trinajstić information content (AvgIpc) is 2.17. The molecule has 1 heterocycles. The molecule has 6 heteroatoms. The van der Waals surface area contributed by atoms with E-state index in [2.05, 4.69) is 9.97 Å². The van der Waals surface area contributed by atoms with Gasteiger partial charge in [-0.05, 0) is 12.5 Å². The highest BCUT2D eigenvalue weighted by molar-refractivity contribution is 7.99. The third kappa shape index (κ3) is 2.88. The highest BCUT2D eigenvalue weighted by Gasteiger charge is 2.09. The van der Waals surface area contributed by atoms with E-state index in [1.165, 1.54) is 23.5 Å². The maximum Gasteiger partial charge on any atom is 0.307 e. The van der Waals surface area contributed by atoms with E-state index < -0.39 is 5.97 Å². The van der Waals surface area contributed by atoms with Crippen LogP contribution in [0.5, 0.6) is 0 Å². The molecule has 1 aromatic heterocycles. The van der Waals surface area contributed by atoms with Gasteiger partial charge in [0.15, 0.2) is 5.16 Å². The van der Waals surface area contributed by atoms with Crippen LogP contribution in [0.2, 0.25) is 0 Å². The van der Waals surface area contributed by atoms with Crippen LogP contribution in [0.4, 0.5) is 0 Å². The molecule has 14 heavy (non-hydrogen) atoms. The predicted octanol–water partition coefficient (Wildman–Crippen LogP) is 1.55. The number of nitrogens with zero attached hydrogens (tertiary/aromatic N) is 2. The van der Waals surface area contributed by atoms with Crippen molar-refractivity contribution in [2.45, 2.75) is 16.6 Å². The number of hydrogen-bond acceptors (Lipinski definition) is 5. The quantitative estimate of drug-likeness (QED) is 0.481. The molecule has 0 amide bonds. The van der Waals surface area contributed by atoms with Crippen molar-refractivity contribution >= 4 is 29.5 Å². The topological polar surface area (TPSA) is 63.1 Å². The van der Waals surface area contributed by atoms with Gasteiger partial charge in [-0.3, -0.25) is 4.79 Å². The van der Waals surface area contributed by atoms with E-state index in [1.54, 1.807) is 6.20 Å². The lowest BCUT2D eigenvalue weighted by Crippen LogP contribution is -2.04. The molecule has 0 aliphatic rings. The van der Waals surface area contributed by atoms with E-state index in [1.807, 2.05) is 12.5 Å². The highest BCUT2D eigenvalue weighted by Crippen LogP contribution is 2.20. The average molecular weight is 230 g/mol. The van der Waals surface area contributed by atoms with Gasteiger partial charge in [-0.15, -0.1) is 11.8 Å². The molecule has 0 saturated heterocycles. The molecule has 1 aromatic rings. The van der Waals surface area contributed by atoms with Gasteiger partial charge in [-0.2, -0.15) is 0 Å². The monoisotopic (exact) mass is 230 g/mol. The van der Waals surface area contributed by atoms with E-state index >= 15 is 0 Å². The second-order valence-corrected chi connectivity index (χ2v) is 4.03. The zero-order valence-electron chi connectivity index (χ0n) is 7.85. The Bertz CT molecular complexity index is 344. The predicted molar refractivity (Wildman–Crippen MR) is 56.9 cm³/mol. The van der Waals surface area contributed by atoms with E-state index in [-0.39, 0.29) is 6.42 Å². The molecule has 0 radical (unpaired) electrons. The van der Waals surface area contributed by atoms with E-state index in [0.717, 1.165) is 5.03 Å². The van der Waals surface area contributed by atoms with Crippen LogP contribution in [-0.4, -0.2) is 33.6 Å². The van der Waals surface area contributed by atoms with Crippen LogP contribution in [0.3, 0.4) is 0 Å². The Morgan fingerprint density at radius 2 is 2.21 bits per heavy atom. The fourth-order valence-electron chi connectivity index (χ4n) is 0.935. The Balaban J connectivity index is 2.98. The lowest BCUT2D eigenvalue weighted by molar-refractivity contribution is -0.136. The van der Waals surface area contributed by atoms with Crippen molar-refractivity contribution in [3.05, 3.63) is 11.8 Å². The van der Waals surface area contributed by atoms with E-state index in [4.69, 9.17) is 5.11 Å². The van der Waals surface area contributed by atoms with Crippen molar-refractivity contribution in [2.75, 3.05) is 12.5 Å². The second kappa shape index (κ2) is 5.21. The molecule has 0 aliphatic carbocycles. The fourth-order valence-corrected chi connectivity index (χ4v) is 1.90. The first-order chi connectivity index (χ1) is 6.67. The number of carbonyl (C=O) groups is 1. The number of rotatable bonds is 4. The standard InChI is InChI=1S/C8H10N2O2S2/c1-13-7-5(3-6(11)12)4-9-8(10-7)14-2/h4H,3H2,1-2H3,(H,11,12). The molecule has 0 saturated carbocycles. The summed E-state index contributed by atoms with van der Waals surface area (Å²) in [6, 6.07) is 0. The van der Waals surface area contributed by atoms with Crippen LogP contribution in [0, 0.1) is 0 Å². The first kappa shape index (κ1) is 11.3.